The summed E-state index contributed by atoms with van der Waals surface area (Å²) in [5, 5.41) is 2.89. The number of nitrogens with zero attached hydrogens (tertiary/aromatic N) is 1. The minimum absolute atomic E-state index is 0.0663. The van der Waals surface area contributed by atoms with Crippen LogP contribution in [0.2, 0.25) is 0 Å². The highest BCUT2D eigenvalue weighted by Crippen LogP contribution is 2.52. The van der Waals surface area contributed by atoms with E-state index in [-0.39, 0.29) is 60.1 Å². The van der Waals surface area contributed by atoms with Gasteiger partial charge in [-0.25, -0.2) is 0 Å². The third-order valence-electron chi connectivity index (χ3n) is 5.97. The molecule has 6 nitrogen and oxygen atoms in total. The van der Waals surface area contributed by atoms with E-state index in [9.17, 15) is 14.4 Å². The number of nitrogens with one attached hydrogen (secondary N) is 1. The van der Waals surface area contributed by atoms with Crippen molar-refractivity contribution in [1.29, 1.82) is 0 Å². The second kappa shape index (κ2) is 7.08. The van der Waals surface area contributed by atoms with Crippen molar-refractivity contribution in [2.45, 2.75) is 39.3 Å². The molecule has 0 spiro atoms. The van der Waals surface area contributed by atoms with Crippen LogP contribution >= 0.6 is 0 Å². The quantitative estimate of drug-likeness (QED) is 0.606. The third kappa shape index (κ3) is 3.21. The van der Waals surface area contributed by atoms with E-state index in [0.717, 1.165) is 22.6 Å². The number of ether oxygens (including phenoxy) is 1. The van der Waals surface area contributed by atoms with Crippen molar-refractivity contribution in [3.05, 3.63) is 42.0 Å². The van der Waals surface area contributed by atoms with Gasteiger partial charge in [0, 0.05) is 0 Å². The normalized spacial score (nSPS) is 28.8. The Kier molecular flexibility index (Phi) is 4.73. The molecular weight excluding hydrogens is 356 g/mol. The lowest BCUT2D eigenvalue weighted by Crippen LogP contribution is -2.42. The zero-order valence-electron chi connectivity index (χ0n) is 16.4. The Morgan fingerprint density at radius 2 is 1.79 bits per heavy atom. The SMILES string of the molecule is CC(C)Oc1cccc(C(C)NC(=O)CN2C(=O)C3C4C=CC(C4)C3C2=O)c1. The van der Waals surface area contributed by atoms with Crippen molar-refractivity contribution in [2.75, 3.05) is 6.54 Å². The molecule has 4 rings (SSSR count). The number of allylic oxidation sites excluding steroid dienone is 2. The van der Waals surface area contributed by atoms with E-state index >= 15 is 0 Å². The number of benzene rings is 1. The lowest BCUT2D eigenvalue weighted by atomic mass is 9.85. The number of rotatable bonds is 6. The van der Waals surface area contributed by atoms with Gasteiger partial charge >= 0.3 is 0 Å². The fourth-order valence-corrected chi connectivity index (χ4v) is 4.76. The first kappa shape index (κ1) is 18.7. The molecular formula is C22H26N2O4. The van der Waals surface area contributed by atoms with Crippen molar-refractivity contribution in [1.82, 2.24) is 10.2 Å². The number of imide groups is 1. The molecule has 1 aliphatic heterocycles. The van der Waals surface area contributed by atoms with Crippen molar-refractivity contribution in [3.63, 3.8) is 0 Å². The molecule has 3 amide bonds. The molecule has 0 aromatic heterocycles. The summed E-state index contributed by atoms with van der Waals surface area (Å²) in [7, 11) is 0. The summed E-state index contributed by atoms with van der Waals surface area (Å²) in [6.07, 6.45) is 5.05. The summed E-state index contributed by atoms with van der Waals surface area (Å²) in [5.41, 5.74) is 0.907. The average molecular weight is 382 g/mol. The molecule has 148 valence electrons. The molecule has 28 heavy (non-hydrogen) atoms. The number of hydrogen-bond acceptors (Lipinski definition) is 4. The third-order valence-corrected chi connectivity index (χ3v) is 5.97. The maximum absolute atomic E-state index is 12.7. The summed E-state index contributed by atoms with van der Waals surface area (Å²) in [4.78, 5) is 39.1. The van der Waals surface area contributed by atoms with E-state index in [2.05, 4.69) is 17.5 Å². The van der Waals surface area contributed by atoms with E-state index < -0.39 is 0 Å². The summed E-state index contributed by atoms with van der Waals surface area (Å²) in [5.74, 6) is -0.192. The summed E-state index contributed by atoms with van der Waals surface area (Å²) < 4.78 is 5.70. The molecule has 1 heterocycles. The fourth-order valence-electron chi connectivity index (χ4n) is 4.76. The number of carbonyl (C=O) groups excluding carboxylic acids is 3. The minimum Gasteiger partial charge on any atom is -0.491 e. The Hall–Kier alpha value is -2.63. The van der Waals surface area contributed by atoms with Crippen molar-refractivity contribution in [3.8, 4) is 5.75 Å². The zero-order valence-corrected chi connectivity index (χ0v) is 16.4. The number of likely N-dealkylation sites (tertiary alicyclic amines) is 1. The van der Waals surface area contributed by atoms with Gasteiger partial charge in [-0.2, -0.15) is 0 Å². The second-order valence-electron chi connectivity index (χ2n) is 8.29. The van der Waals surface area contributed by atoms with Crippen LogP contribution in [0.15, 0.2) is 36.4 Å². The molecule has 2 aliphatic carbocycles. The van der Waals surface area contributed by atoms with Gasteiger partial charge in [-0.15, -0.1) is 0 Å². The highest BCUT2D eigenvalue weighted by Gasteiger charge is 2.59. The van der Waals surface area contributed by atoms with Gasteiger partial charge in [-0.05, 0) is 56.7 Å². The summed E-state index contributed by atoms with van der Waals surface area (Å²) in [6, 6.07) is 7.31. The fraction of sp³-hybridized carbons (Fsp3) is 0.500. The highest BCUT2D eigenvalue weighted by molar-refractivity contribution is 6.08. The molecule has 2 bridgehead atoms. The Labute approximate surface area is 164 Å². The van der Waals surface area contributed by atoms with Crippen molar-refractivity contribution < 1.29 is 19.1 Å². The first-order valence-electron chi connectivity index (χ1n) is 9.94. The maximum atomic E-state index is 12.7. The molecule has 0 radical (unpaired) electrons. The Balaban J connectivity index is 1.38. The number of hydrogen-bond donors (Lipinski definition) is 1. The Morgan fingerprint density at radius 1 is 1.14 bits per heavy atom. The van der Waals surface area contributed by atoms with Crippen LogP contribution in [-0.4, -0.2) is 35.3 Å². The average Bonchev–Trinajstić information content (AvgIpc) is 3.31. The topological polar surface area (TPSA) is 75.7 Å². The van der Waals surface area contributed by atoms with Gasteiger partial charge in [0.05, 0.1) is 24.0 Å². The van der Waals surface area contributed by atoms with Crippen LogP contribution in [0.5, 0.6) is 5.75 Å². The van der Waals surface area contributed by atoms with Crippen LogP contribution in [0.25, 0.3) is 0 Å². The van der Waals surface area contributed by atoms with Crippen LogP contribution in [0.1, 0.15) is 38.8 Å². The van der Waals surface area contributed by atoms with E-state index in [1.54, 1.807) is 0 Å². The molecule has 6 heteroatoms. The summed E-state index contributed by atoms with van der Waals surface area (Å²) in [6.45, 7) is 5.58. The minimum atomic E-state index is -0.329. The molecule has 5 atom stereocenters. The van der Waals surface area contributed by atoms with Crippen LogP contribution in [0.4, 0.5) is 0 Å². The van der Waals surface area contributed by atoms with Gasteiger partial charge in [0.2, 0.25) is 17.7 Å². The van der Waals surface area contributed by atoms with E-state index in [1.807, 2.05) is 45.0 Å². The molecule has 3 aliphatic rings. The van der Waals surface area contributed by atoms with Gasteiger partial charge in [0.15, 0.2) is 0 Å². The van der Waals surface area contributed by atoms with Gasteiger partial charge in [0.25, 0.3) is 0 Å². The van der Waals surface area contributed by atoms with Crippen LogP contribution in [0.3, 0.4) is 0 Å². The monoisotopic (exact) mass is 382 g/mol. The molecule has 2 fully saturated rings. The van der Waals surface area contributed by atoms with E-state index in [0.29, 0.717) is 0 Å². The van der Waals surface area contributed by atoms with Crippen LogP contribution in [0, 0.1) is 23.7 Å². The predicted molar refractivity (Wildman–Crippen MR) is 103 cm³/mol. The van der Waals surface area contributed by atoms with Gasteiger partial charge in [-0.1, -0.05) is 24.3 Å². The lowest BCUT2D eigenvalue weighted by molar-refractivity contribution is -0.144. The van der Waals surface area contributed by atoms with E-state index in [1.165, 1.54) is 0 Å². The molecule has 1 N–H and O–H groups in total. The first-order chi connectivity index (χ1) is 13.3. The maximum Gasteiger partial charge on any atom is 0.240 e. The number of carbonyl (C=O) groups is 3. The van der Waals surface area contributed by atoms with Crippen molar-refractivity contribution in [2.24, 2.45) is 23.7 Å². The molecule has 5 unspecified atom stereocenters. The highest BCUT2D eigenvalue weighted by atomic mass is 16.5. The lowest BCUT2D eigenvalue weighted by Gasteiger charge is -2.20. The number of fused-ring (bicyclic) bond motifs is 5. The molecule has 1 aromatic rings. The first-order valence-corrected chi connectivity index (χ1v) is 9.94. The molecule has 1 saturated heterocycles. The standard InChI is InChI=1S/C22H26N2O4/c1-12(2)28-17-6-4-5-14(10-17)13(3)23-18(25)11-24-21(26)19-15-7-8-16(9-15)20(19)22(24)27/h4-8,10,12-13,15-16,19-20H,9,11H2,1-3H3,(H,23,25). The van der Waals surface area contributed by atoms with Crippen molar-refractivity contribution >= 4 is 17.7 Å². The largest absolute Gasteiger partial charge is 0.491 e. The zero-order chi connectivity index (χ0) is 20.0. The predicted octanol–water partition coefficient (Wildman–Crippen LogP) is 2.46. The second-order valence-corrected chi connectivity index (χ2v) is 8.29. The Morgan fingerprint density at radius 3 is 2.39 bits per heavy atom. The summed E-state index contributed by atoms with van der Waals surface area (Å²) >= 11 is 0. The van der Waals surface area contributed by atoms with E-state index in [4.69, 9.17) is 4.74 Å². The molecule has 1 aromatic carbocycles. The Bertz CT molecular complexity index is 817. The van der Waals surface area contributed by atoms with Gasteiger partial charge in [0.1, 0.15) is 12.3 Å². The van der Waals surface area contributed by atoms with Crippen LogP contribution in [-0.2, 0) is 14.4 Å². The molecule has 1 saturated carbocycles. The smallest absolute Gasteiger partial charge is 0.240 e. The van der Waals surface area contributed by atoms with Crippen LogP contribution < -0.4 is 10.1 Å². The van der Waals surface area contributed by atoms with Gasteiger partial charge < -0.3 is 10.1 Å². The number of amides is 3. The van der Waals surface area contributed by atoms with Gasteiger partial charge in [-0.3, -0.25) is 19.3 Å².